The van der Waals surface area contributed by atoms with Crippen LogP contribution < -0.4 is 5.32 Å². The van der Waals surface area contributed by atoms with Crippen LogP contribution in [0.1, 0.15) is 5.56 Å². The Balaban J connectivity index is 1.29. The Morgan fingerprint density at radius 3 is 2.43 bits per heavy atom. The second kappa shape index (κ2) is 9.02. The van der Waals surface area contributed by atoms with E-state index in [4.69, 9.17) is 0 Å². The molecule has 7 heteroatoms. The van der Waals surface area contributed by atoms with Crippen LogP contribution in [0.15, 0.2) is 66.7 Å². The Morgan fingerprint density at radius 2 is 1.63 bits per heavy atom. The van der Waals surface area contributed by atoms with Crippen LogP contribution in [0.2, 0.25) is 0 Å². The highest BCUT2D eigenvalue weighted by Gasteiger charge is 2.20. The first kappa shape index (κ1) is 20.0. The molecule has 1 saturated heterocycles. The summed E-state index contributed by atoms with van der Waals surface area (Å²) < 4.78 is 0. The molecule has 1 amide bonds. The van der Waals surface area contributed by atoms with Crippen LogP contribution in [0.4, 0.5) is 11.4 Å². The molecule has 4 rings (SSSR count). The maximum absolute atomic E-state index is 12.6. The Bertz CT molecular complexity index is 1060. The summed E-state index contributed by atoms with van der Waals surface area (Å²) in [5.41, 5.74) is 1.89. The normalized spacial score (nSPS) is 15.2. The van der Waals surface area contributed by atoms with Crippen LogP contribution in [-0.2, 0) is 11.3 Å². The van der Waals surface area contributed by atoms with Crippen LogP contribution in [0.25, 0.3) is 10.8 Å². The fraction of sp³-hybridized carbons (Fsp3) is 0.261. The molecule has 1 heterocycles. The third-order valence-electron chi connectivity index (χ3n) is 5.42. The first-order chi connectivity index (χ1) is 14.6. The topological polar surface area (TPSA) is 78.7 Å². The van der Waals surface area contributed by atoms with E-state index in [1.165, 1.54) is 6.07 Å². The smallest absolute Gasteiger partial charge is 0.269 e. The number of fused-ring (bicyclic) bond motifs is 1. The molecule has 7 nitrogen and oxygen atoms in total. The van der Waals surface area contributed by atoms with Crippen LogP contribution >= 0.6 is 0 Å². The number of nitro benzene ring substituents is 1. The maximum atomic E-state index is 12.6. The number of nitrogens with zero attached hydrogens (tertiary/aromatic N) is 3. The van der Waals surface area contributed by atoms with E-state index in [2.05, 4.69) is 15.1 Å². The summed E-state index contributed by atoms with van der Waals surface area (Å²) >= 11 is 0. The van der Waals surface area contributed by atoms with Gasteiger partial charge < -0.3 is 5.32 Å². The summed E-state index contributed by atoms with van der Waals surface area (Å²) in [6.45, 7) is 4.26. The second-order valence-electron chi connectivity index (χ2n) is 7.55. The minimum absolute atomic E-state index is 0.0153. The maximum Gasteiger partial charge on any atom is 0.269 e. The van der Waals surface area contributed by atoms with Crippen LogP contribution in [-0.4, -0.2) is 53.4 Å². The van der Waals surface area contributed by atoms with Crippen molar-refractivity contribution < 1.29 is 9.72 Å². The molecule has 154 valence electrons. The zero-order chi connectivity index (χ0) is 20.9. The number of carbonyl (C=O) groups excluding carboxylic acids is 1. The predicted octanol–water partition coefficient (Wildman–Crippen LogP) is 3.50. The van der Waals surface area contributed by atoms with Crippen molar-refractivity contribution in [3.05, 3.63) is 82.4 Å². The number of hydrogen-bond donors (Lipinski definition) is 1. The fourth-order valence-electron chi connectivity index (χ4n) is 3.86. The monoisotopic (exact) mass is 404 g/mol. The molecule has 3 aromatic carbocycles. The van der Waals surface area contributed by atoms with E-state index in [0.29, 0.717) is 13.1 Å². The SMILES string of the molecule is O=C(CN1CCN(Cc2cccc([N+](=O)[O-])c2)CC1)Nc1cccc2ccccc12. The molecule has 3 aromatic rings. The van der Waals surface area contributed by atoms with Crippen molar-refractivity contribution in [1.82, 2.24) is 9.80 Å². The van der Waals surface area contributed by atoms with Gasteiger partial charge in [0.15, 0.2) is 0 Å². The lowest BCUT2D eigenvalue weighted by atomic mass is 10.1. The third-order valence-corrected chi connectivity index (χ3v) is 5.42. The van der Waals surface area contributed by atoms with Gasteiger partial charge in [0.2, 0.25) is 5.91 Å². The summed E-state index contributed by atoms with van der Waals surface area (Å²) in [4.78, 5) is 27.6. The van der Waals surface area contributed by atoms with Crippen LogP contribution in [0, 0.1) is 10.1 Å². The lowest BCUT2D eigenvalue weighted by Crippen LogP contribution is -2.48. The van der Waals surface area contributed by atoms with Crippen LogP contribution in [0.3, 0.4) is 0 Å². The Labute approximate surface area is 175 Å². The van der Waals surface area contributed by atoms with Crippen molar-refractivity contribution >= 4 is 28.1 Å². The number of amides is 1. The average Bonchev–Trinajstić information content (AvgIpc) is 2.75. The van der Waals surface area contributed by atoms with Gasteiger partial charge in [-0.05, 0) is 17.0 Å². The molecule has 30 heavy (non-hydrogen) atoms. The lowest BCUT2D eigenvalue weighted by Gasteiger charge is -2.34. The average molecular weight is 404 g/mol. The Kier molecular flexibility index (Phi) is 6.02. The number of nitrogens with one attached hydrogen (secondary N) is 1. The van der Waals surface area contributed by atoms with E-state index in [0.717, 1.165) is 48.2 Å². The molecule has 0 unspecified atom stereocenters. The number of carbonyl (C=O) groups is 1. The van der Waals surface area contributed by atoms with E-state index in [9.17, 15) is 14.9 Å². The molecule has 0 bridgehead atoms. The van der Waals surface area contributed by atoms with Gasteiger partial charge in [0.25, 0.3) is 5.69 Å². The second-order valence-corrected chi connectivity index (χ2v) is 7.55. The highest BCUT2D eigenvalue weighted by Crippen LogP contribution is 2.23. The highest BCUT2D eigenvalue weighted by molar-refractivity contribution is 6.02. The summed E-state index contributed by atoms with van der Waals surface area (Å²) in [7, 11) is 0. The van der Waals surface area contributed by atoms with Gasteiger partial charge in [0, 0.05) is 55.9 Å². The van der Waals surface area contributed by atoms with E-state index in [1.807, 2.05) is 48.5 Å². The van der Waals surface area contributed by atoms with Crippen LogP contribution in [0.5, 0.6) is 0 Å². The van der Waals surface area contributed by atoms with Gasteiger partial charge in [-0.25, -0.2) is 0 Å². The van der Waals surface area contributed by atoms with Crippen molar-refractivity contribution in [3.63, 3.8) is 0 Å². The van der Waals surface area contributed by atoms with Crippen molar-refractivity contribution in [2.75, 3.05) is 38.0 Å². The highest BCUT2D eigenvalue weighted by atomic mass is 16.6. The van der Waals surface area contributed by atoms with Crippen molar-refractivity contribution in [1.29, 1.82) is 0 Å². The molecule has 0 spiro atoms. The first-order valence-corrected chi connectivity index (χ1v) is 10.0. The third kappa shape index (κ3) is 4.82. The summed E-state index contributed by atoms with van der Waals surface area (Å²) in [6, 6.07) is 20.7. The molecule has 0 saturated carbocycles. The minimum Gasteiger partial charge on any atom is -0.324 e. The van der Waals surface area contributed by atoms with Gasteiger partial charge in [-0.3, -0.25) is 24.7 Å². The first-order valence-electron chi connectivity index (χ1n) is 10.0. The van der Waals surface area contributed by atoms with Gasteiger partial charge in [0.05, 0.1) is 11.5 Å². The van der Waals surface area contributed by atoms with E-state index in [1.54, 1.807) is 12.1 Å². The number of benzene rings is 3. The molecule has 0 aliphatic carbocycles. The van der Waals surface area contributed by atoms with Gasteiger partial charge in [-0.15, -0.1) is 0 Å². The number of anilines is 1. The predicted molar refractivity (Wildman–Crippen MR) is 117 cm³/mol. The number of non-ortho nitro benzene ring substituents is 1. The summed E-state index contributed by atoms with van der Waals surface area (Å²) in [6.07, 6.45) is 0. The molecule has 0 radical (unpaired) electrons. The molecule has 1 fully saturated rings. The zero-order valence-corrected chi connectivity index (χ0v) is 16.7. The largest absolute Gasteiger partial charge is 0.324 e. The molecular weight excluding hydrogens is 380 g/mol. The van der Waals surface area contributed by atoms with Gasteiger partial charge in [-0.2, -0.15) is 0 Å². The molecular formula is C23H24N4O3. The molecule has 1 aliphatic heterocycles. The molecule has 1 aliphatic rings. The van der Waals surface area contributed by atoms with Gasteiger partial charge in [-0.1, -0.05) is 48.5 Å². The number of nitro groups is 1. The van der Waals surface area contributed by atoms with E-state index >= 15 is 0 Å². The van der Waals surface area contributed by atoms with Crippen molar-refractivity contribution in [2.45, 2.75) is 6.54 Å². The molecule has 1 N–H and O–H groups in total. The van der Waals surface area contributed by atoms with E-state index in [-0.39, 0.29) is 16.5 Å². The fourth-order valence-corrected chi connectivity index (χ4v) is 3.86. The quantitative estimate of drug-likeness (QED) is 0.502. The lowest BCUT2D eigenvalue weighted by molar-refractivity contribution is -0.384. The summed E-state index contributed by atoms with van der Waals surface area (Å²) in [5.74, 6) is -0.0153. The number of rotatable bonds is 6. The van der Waals surface area contributed by atoms with Crippen molar-refractivity contribution in [3.8, 4) is 0 Å². The van der Waals surface area contributed by atoms with E-state index < -0.39 is 0 Å². The number of hydrogen-bond acceptors (Lipinski definition) is 5. The minimum atomic E-state index is -0.365. The number of piperazine rings is 1. The Hall–Kier alpha value is -3.29. The zero-order valence-electron chi connectivity index (χ0n) is 16.7. The summed E-state index contributed by atoms with van der Waals surface area (Å²) in [5, 5.41) is 16.1. The van der Waals surface area contributed by atoms with Gasteiger partial charge in [0.1, 0.15) is 0 Å². The standard InChI is InChI=1S/C23H24N4O3/c28-23(24-22-10-4-7-19-6-1-2-9-21(19)22)17-26-13-11-25(12-14-26)16-18-5-3-8-20(15-18)27(29)30/h1-10,15H,11-14,16-17H2,(H,24,28). The van der Waals surface area contributed by atoms with Crippen molar-refractivity contribution in [2.24, 2.45) is 0 Å². The molecule has 0 atom stereocenters. The molecule has 0 aromatic heterocycles. The Morgan fingerprint density at radius 1 is 0.933 bits per heavy atom. The van der Waals surface area contributed by atoms with Gasteiger partial charge >= 0.3 is 0 Å².